The number of nitrogens with zero attached hydrogens (tertiary/aromatic N) is 2. The van der Waals surface area contributed by atoms with Crippen molar-refractivity contribution in [1.82, 2.24) is 10.1 Å². The Morgan fingerprint density at radius 1 is 0.929 bits per heavy atom. The standard InChI is InChI=1S/C21H17N3O4/c25-18(23-19-17(13-22-28-19)14-7-2-1-3-8-14)11-6-12-24-20(26)15-9-4-5-10-16(15)21(24)27/h1-5,7-10,13H,6,11-12H2,(H,23,25). The first-order valence-corrected chi connectivity index (χ1v) is 8.90. The first kappa shape index (κ1) is 17.7. The Balaban J connectivity index is 1.34. The molecule has 0 unspecified atom stereocenters. The molecule has 0 fully saturated rings. The molecule has 0 spiro atoms. The molecule has 3 amide bonds. The molecule has 28 heavy (non-hydrogen) atoms. The van der Waals surface area contributed by atoms with Crippen LogP contribution in [0.3, 0.4) is 0 Å². The zero-order chi connectivity index (χ0) is 19.5. The lowest BCUT2D eigenvalue weighted by Crippen LogP contribution is -2.31. The highest BCUT2D eigenvalue weighted by atomic mass is 16.5. The molecule has 0 saturated carbocycles. The summed E-state index contributed by atoms with van der Waals surface area (Å²) in [6.07, 6.45) is 2.04. The normalized spacial score (nSPS) is 12.9. The van der Waals surface area contributed by atoms with Gasteiger partial charge in [-0.1, -0.05) is 47.6 Å². The zero-order valence-electron chi connectivity index (χ0n) is 14.9. The molecule has 1 aliphatic heterocycles. The summed E-state index contributed by atoms with van der Waals surface area (Å²) in [6, 6.07) is 16.2. The van der Waals surface area contributed by atoms with Crippen molar-refractivity contribution in [3.8, 4) is 11.1 Å². The molecule has 1 aromatic heterocycles. The molecule has 0 radical (unpaired) electrons. The van der Waals surface area contributed by atoms with Gasteiger partial charge in [-0.15, -0.1) is 0 Å². The molecular weight excluding hydrogens is 358 g/mol. The van der Waals surface area contributed by atoms with Crippen LogP contribution in [0.4, 0.5) is 5.88 Å². The largest absolute Gasteiger partial charge is 0.338 e. The average Bonchev–Trinajstić information content (AvgIpc) is 3.27. The van der Waals surface area contributed by atoms with Crippen LogP contribution < -0.4 is 5.32 Å². The monoisotopic (exact) mass is 375 g/mol. The summed E-state index contributed by atoms with van der Waals surface area (Å²) in [6.45, 7) is 0.182. The van der Waals surface area contributed by atoms with E-state index in [1.54, 1.807) is 30.5 Å². The maximum atomic E-state index is 12.3. The van der Waals surface area contributed by atoms with Gasteiger partial charge in [0.1, 0.15) is 0 Å². The van der Waals surface area contributed by atoms with E-state index in [0.717, 1.165) is 5.56 Å². The molecule has 2 heterocycles. The van der Waals surface area contributed by atoms with E-state index in [2.05, 4.69) is 10.5 Å². The van der Waals surface area contributed by atoms with Crippen LogP contribution in [0, 0.1) is 0 Å². The Labute approximate surface area is 160 Å². The number of amides is 3. The maximum Gasteiger partial charge on any atom is 0.261 e. The van der Waals surface area contributed by atoms with Gasteiger partial charge in [0.05, 0.1) is 22.9 Å². The van der Waals surface area contributed by atoms with Crippen molar-refractivity contribution in [2.24, 2.45) is 0 Å². The number of nitrogens with one attached hydrogen (secondary N) is 1. The summed E-state index contributed by atoms with van der Waals surface area (Å²) >= 11 is 0. The molecule has 1 N–H and O–H groups in total. The van der Waals surface area contributed by atoms with E-state index in [9.17, 15) is 14.4 Å². The van der Waals surface area contributed by atoms with Gasteiger partial charge in [0.25, 0.3) is 11.8 Å². The topological polar surface area (TPSA) is 92.5 Å². The van der Waals surface area contributed by atoms with E-state index in [0.29, 0.717) is 23.1 Å². The molecule has 0 saturated heterocycles. The van der Waals surface area contributed by atoms with Crippen LogP contribution in [-0.4, -0.2) is 34.3 Å². The molecule has 7 heteroatoms. The Bertz CT molecular complexity index is 1010. The summed E-state index contributed by atoms with van der Waals surface area (Å²) in [7, 11) is 0. The summed E-state index contributed by atoms with van der Waals surface area (Å²) in [5.74, 6) is -0.632. The second-order valence-electron chi connectivity index (χ2n) is 6.39. The van der Waals surface area contributed by atoms with Crippen LogP contribution in [-0.2, 0) is 4.79 Å². The van der Waals surface area contributed by atoms with Crippen LogP contribution in [0.25, 0.3) is 11.1 Å². The predicted molar refractivity (Wildman–Crippen MR) is 102 cm³/mol. The number of hydrogen-bond donors (Lipinski definition) is 1. The number of hydrogen-bond acceptors (Lipinski definition) is 5. The molecule has 2 aromatic carbocycles. The number of carbonyl (C=O) groups excluding carboxylic acids is 3. The minimum atomic E-state index is -0.317. The molecule has 0 atom stereocenters. The molecule has 4 rings (SSSR count). The van der Waals surface area contributed by atoms with E-state index in [4.69, 9.17) is 4.52 Å². The molecule has 7 nitrogen and oxygen atoms in total. The Hall–Kier alpha value is -3.74. The Morgan fingerprint density at radius 2 is 1.57 bits per heavy atom. The highest BCUT2D eigenvalue weighted by Gasteiger charge is 2.34. The lowest BCUT2D eigenvalue weighted by atomic mass is 10.1. The van der Waals surface area contributed by atoms with Gasteiger partial charge < -0.3 is 4.52 Å². The number of carbonyl (C=O) groups is 3. The molecule has 1 aliphatic rings. The number of rotatable bonds is 6. The Kier molecular flexibility index (Phi) is 4.72. The number of imide groups is 1. The lowest BCUT2D eigenvalue weighted by Gasteiger charge is -2.13. The maximum absolute atomic E-state index is 12.3. The van der Waals surface area contributed by atoms with E-state index in [1.807, 2.05) is 30.3 Å². The van der Waals surface area contributed by atoms with E-state index in [-0.39, 0.29) is 36.6 Å². The lowest BCUT2D eigenvalue weighted by molar-refractivity contribution is -0.116. The molecule has 140 valence electrons. The van der Waals surface area contributed by atoms with Crippen LogP contribution in [0.15, 0.2) is 65.3 Å². The first-order chi connectivity index (χ1) is 13.6. The first-order valence-electron chi connectivity index (χ1n) is 8.90. The smallest absolute Gasteiger partial charge is 0.261 e. The van der Waals surface area contributed by atoms with Crippen molar-refractivity contribution >= 4 is 23.6 Å². The molecule has 0 bridgehead atoms. The van der Waals surface area contributed by atoms with E-state index < -0.39 is 0 Å². The molecular formula is C21H17N3O4. The van der Waals surface area contributed by atoms with Crippen molar-refractivity contribution in [2.75, 3.05) is 11.9 Å². The summed E-state index contributed by atoms with van der Waals surface area (Å²) in [4.78, 5) is 38.1. The minimum Gasteiger partial charge on any atom is -0.338 e. The SMILES string of the molecule is O=C(CCCN1C(=O)c2ccccc2C1=O)Nc1oncc1-c1ccccc1. The second-order valence-corrected chi connectivity index (χ2v) is 6.39. The average molecular weight is 375 g/mol. The van der Waals surface area contributed by atoms with Crippen molar-refractivity contribution in [3.63, 3.8) is 0 Å². The van der Waals surface area contributed by atoms with Gasteiger partial charge in [-0.05, 0) is 24.1 Å². The number of aromatic nitrogens is 1. The van der Waals surface area contributed by atoms with Crippen LogP contribution >= 0.6 is 0 Å². The van der Waals surface area contributed by atoms with Crippen LogP contribution in [0.5, 0.6) is 0 Å². The molecule has 0 aliphatic carbocycles. The Morgan fingerprint density at radius 3 is 2.25 bits per heavy atom. The fourth-order valence-corrected chi connectivity index (χ4v) is 3.18. The van der Waals surface area contributed by atoms with Gasteiger partial charge in [-0.25, -0.2) is 0 Å². The molecule has 3 aromatic rings. The number of benzene rings is 2. The third-order valence-electron chi connectivity index (χ3n) is 4.57. The van der Waals surface area contributed by atoms with Crippen molar-refractivity contribution in [1.29, 1.82) is 0 Å². The quantitative estimate of drug-likeness (QED) is 0.667. The van der Waals surface area contributed by atoms with Crippen molar-refractivity contribution in [3.05, 3.63) is 71.9 Å². The van der Waals surface area contributed by atoms with Gasteiger partial charge in [0, 0.05) is 13.0 Å². The van der Waals surface area contributed by atoms with Crippen LogP contribution in [0.1, 0.15) is 33.6 Å². The van der Waals surface area contributed by atoms with Gasteiger partial charge >= 0.3 is 0 Å². The highest BCUT2D eigenvalue weighted by Crippen LogP contribution is 2.27. The summed E-state index contributed by atoms with van der Waals surface area (Å²) in [5.41, 5.74) is 2.39. The zero-order valence-corrected chi connectivity index (χ0v) is 14.9. The number of anilines is 1. The van der Waals surface area contributed by atoms with Crippen molar-refractivity contribution in [2.45, 2.75) is 12.8 Å². The van der Waals surface area contributed by atoms with Gasteiger partial charge in [-0.3, -0.25) is 24.6 Å². The highest BCUT2D eigenvalue weighted by molar-refractivity contribution is 6.21. The fourth-order valence-electron chi connectivity index (χ4n) is 3.18. The van der Waals surface area contributed by atoms with Gasteiger partial charge in [0.15, 0.2) is 0 Å². The van der Waals surface area contributed by atoms with E-state index >= 15 is 0 Å². The summed E-state index contributed by atoms with van der Waals surface area (Å²) < 4.78 is 5.15. The van der Waals surface area contributed by atoms with Crippen LogP contribution in [0.2, 0.25) is 0 Å². The minimum absolute atomic E-state index is 0.141. The van der Waals surface area contributed by atoms with Gasteiger partial charge in [-0.2, -0.15) is 0 Å². The van der Waals surface area contributed by atoms with E-state index in [1.165, 1.54) is 4.90 Å². The van der Waals surface area contributed by atoms with Gasteiger partial charge in [0.2, 0.25) is 11.8 Å². The number of fused-ring (bicyclic) bond motifs is 1. The third-order valence-corrected chi connectivity index (χ3v) is 4.57. The second kappa shape index (κ2) is 7.48. The fraction of sp³-hybridized carbons (Fsp3) is 0.143. The van der Waals surface area contributed by atoms with Crippen molar-refractivity contribution < 1.29 is 18.9 Å². The third kappa shape index (κ3) is 3.29. The predicted octanol–water partition coefficient (Wildman–Crippen LogP) is 3.36. The summed E-state index contributed by atoms with van der Waals surface area (Å²) in [5, 5.41) is 6.45.